The van der Waals surface area contributed by atoms with Crippen molar-refractivity contribution in [3.05, 3.63) is 70.5 Å². The largest absolute Gasteiger partial charge is 0.207 e. The number of rotatable bonds is 3. The molecule has 0 saturated carbocycles. The van der Waals surface area contributed by atoms with E-state index in [0.717, 1.165) is 5.56 Å². The molecule has 19 heavy (non-hydrogen) atoms. The lowest BCUT2D eigenvalue weighted by Gasteiger charge is -2.13. The first kappa shape index (κ1) is 13.9. The van der Waals surface area contributed by atoms with Gasteiger partial charge in [-0.15, -0.1) is 11.6 Å². The lowest BCUT2D eigenvalue weighted by molar-refractivity contribution is 0.545. The smallest absolute Gasteiger partial charge is 0.133 e. The highest BCUT2D eigenvalue weighted by atomic mass is 35.5. The van der Waals surface area contributed by atoms with Crippen molar-refractivity contribution in [3.8, 4) is 0 Å². The van der Waals surface area contributed by atoms with E-state index in [1.807, 2.05) is 0 Å². The van der Waals surface area contributed by atoms with Gasteiger partial charge in [0.15, 0.2) is 0 Å². The van der Waals surface area contributed by atoms with Gasteiger partial charge in [-0.25, -0.2) is 13.2 Å². The Balaban J connectivity index is 2.27. The number of benzene rings is 2. The van der Waals surface area contributed by atoms with Crippen LogP contribution in [0.25, 0.3) is 0 Å². The Bertz CT molecular complexity index is 579. The van der Waals surface area contributed by atoms with Gasteiger partial charge in [0.05, 0.1) is 5.38 Å². The standard InChI is InChI=1S/C15H12ClF3/c1-9-2-7-13(18)14(15(9)19)12(16)8-10-3-5-11(17)6-4-10/h2-7,12H,8H2,1H3. The SMILES string of the molecule is Cc1ccc(F)c(C(Cl)Cc2ccc(F)cc2)c1F. The molecule has 0 fully saturated rings. The van der Waals surface area contributed by atoms with Gasteiger partial charge in [0.1, 0.15) is 17.5 Å². The monoisotopic (exact) mass is 284 g/mol. The van der Waals surface area contributed by atoms with Crippen LogP contribution in [0.5, 0.6) is 0 Å². The van der Waals surface area contributed by atoms with Gasteiger partial charge in [0.25, 0.3) is 0 Å². The summed E-state index contributed by atoms with van der Waals surface area (Å²) in [5, 5.41) is -0.828. The van der Waals surface area contributed by atoms with E-state index < -0.39 is 17.0 Å². The highest BCUT2D eigenvalue weighted by molar-refractivity contribution is 6.21. The Morgan fingerprint density at radius 3 is 2.26 bits per heavy atom. The van der Waals surface area contributed by atoms with Crippen molar-refractivity contribution in [2.45, 2.75) is 18.7 Å². The normalized spacial score (nSPS) is 12.5. The van der Waals surface area contributed by atoms with Gasteiger partial charge >= 0.3 is 0 Å². The quantitative estimate of drug-likeness (QED) is 0.701. The molecule has 0 heterocycles. The van der Waals surface area contributed by atoms with Gasteiger partial charge < -0.3 is 0 Å². The Hall–Kier alpha value is -1.48. The maximum Gasteiger partial charge on any atom is 0.133 e. The van der Waals surface area contributed by atoms with E-state index >= 15 is 0 Å². The predicted octanol–water partition coefficient (Wildman–Crippen LogP) is 4.93. The van der Waals surface area contributed by atoms with E-state index in [0.29, 0.717) is 5.56 Å². The second kappa shape index (κ2) is 5.66. The highest BCUT2D eigenvalue weighted by Gasteiger charge is 2.20. The summed E-state index contributed by atoms with van der Waals surface area (Å²) in [4.78, 5) is 0. The summed E-state index contributed by atoms with van der Waals surface area (Å²) in [6, 6.07) is 8.26. The zero-order chi connectivity index (χ0) is 14.0. The van der Waals surface area contributed by atoms with E-state index in [4.69, 9.17) is 11.6 Å². The first-order valence-electron chi connectivity index (χ1n) is 5.82. The molecule has 1 atom stereocenters. The number of hydrogen-bond donors (Lipinski definition) is 0. The molecule has 100 valence electrons. The van der Waals surface area contributed by atoms with Crippen LogP contribution in [0.2, 0.25) is 0 Å². The van der Waals surface area contributed by atoms with Crippen LogP contribution in [-0.4, -0.2) is 0 Å². The fourth-order valence-corrected chi connectivity index (χ4v) is 2.27. The van der Waals surface area contributed by atoms with Crippen LogP contribution in [0.1, 0.15) is 22.1 Å². The Kier molecular flexibility index (Phi) is 4.15. The molecule has 0 amide bonds. The number of alkyl halides is 1. The molecule has 0 aliphatic rings. The molecule has 0 aliphatic carbocycles. The number of aryl methyl sites for hydroxylation is 1. The third kappa shape index (κ3) is 3.10. The molecular weight excluding hydrogens is 273 g/mol. The first-order chi connectivity index (χ1) is 8.99. The summed E-state index contributed by atoms with van der Waals surface area (Å²) in [5.41, 5.74) is 0.939. The van der Waals surface area contributed by atoms with E-state index in [9.17, 15) is 13.2 Å². The highest BCUT2D eigenvalue weighted by Crippen LogP contribution is 2.30. The fourth-order valence-electron chi connectivity index (χ4n) is 1.89. The van der Waals surface area contributed by atoms with Crippen LogP contribution in [-0.2, 0) is 6.42 Å². The molecule has 2 aromatic rings. The van der Waals surface area contributed by atoms with E-state index in [2.05, 4.69) is 0 Å². The lowest BCUT2D eigenvalue weighted by atomic mass is 10.0. The lowest BCUT2D eigenvalue weighted by Crippen LogP contribution is -2.04. The van der Waals surface area contributed by atoms with Crippen LogP contribution in [0.15, 0.2) is 36.4 Å². The summed E-state index contributed by atoms with van der Waals surface area (Å²) in [5.74, 6) is -1.64. The van der Waals surface area contributed by atoms with Crippen LogP contribution in [0, 0.1) is 24.4 Å². The molecule has 0 nitrogen and oxygen atoms in total. The van der Waals surface area contributed by atoms with Crippen LogP contribution in [0.4, 0.5) is 13.2 Å². The minimum absolute atomic E-state index is 0.133. The number of halogens is 4. The van der Waals surface area contributed by atoms with E-state index in [-0.39, 0.29) is 17.8 Å². The molecule has 0 saturated heterocycles. The molecule has 0 radical (unpaired) electrons. The summed E-state index contributed by atoms with van der Waals surface area (Å²) < 4.78 is 40.3. The zero-order valence-electron chi connectivity index (χ0n) is 10.3. The second-order valence-corrected chi connectivity index (χ2v) is 4.92. The Labute approximate surface area is 114 Å². The molecule has 0 N–H and O–H groups in total. The second-order valence-electron chi connectivity index (χ2n) is 4.39. The Morgan fingerprint density at radius 1 is 1.00 bits per heavy atom. The van der Waals surface area contributed by atoms with Crippen molar-refractivity contribution in [1.29, 1.82) is 0 Å². The summed E-state index contributed by atoms with van der Waals surface area (Å²) in [6.45, 7) is 1.56. The van der Waals surface area contributed by atoms with Gasteiger partial charge in [0, 0.05) is 5.56 Å². The third-order valence-electron chi connectivity index (χ3n) is 2.96. The van der Waals surface area contributed by atoms with Crippen molar-refractivity contribution in [1.82, 2.24) is 0 Å². The molecule has 2 rings (SSSR count). The molecule has 0 spiro atoms. The van der Waals surface area contributed by atoms with Gasteiger partial charge in [-0.3, -0.25) is 0 Å². The van der Waals surface area contributed by atoms with Crippen molar-refractivity contribution in [2.75, 3.05) is 0 Å². The van der Waals surface area contributed by atoms with Gasteiger partial charge in [-0.05, 0) is 42.7 Å². The van der Waals surface area contributed by atoms with E-state index in [1.165, 1.54) is 24.3 Å². The predicted molar refractivity (Wildman–Crippen MR) is 69.8 cm³/mol. The summed E-state index contributed by atoms with van der Waals surface area (Å²) in [7, 11) is 0. The Morgan fingerprint density at radius 2 is 1.63 bits per heavy atom. The molecule has 0 aromatic heterocycles. The average Bonchev–Trinajstić information content (AvgIpc) is 2.37. The van der Waals surface area contributed by atoms with Gasteiger partial charge in [-0.2, -0.15) is 0 Å². The minimum atomic E-state index is -0.828. The molecule has 1 unspecified atom stereocenters. The van der Waals surface area contributed by atoms with Crippen molar-refractivity contribution in [2.24, 2.45) is 0 Å². The molecule has 4 heteroatoms. The average molecular weight is 285 g/mol. The van der Waals surface area contributed by atoms with Crippen LogP contribution < -0.4 is 0 Å². The maximum atomic E-state index is 13.9. The van der Waals surface area contributed by atoms with Crippen molar-refractivity contribution < 1.29 is 13.2 Å². The maximum absolute atomic E-state index is 13.9. The summed E-state index contributed by atoms with van der Waals surface area (Å²) >= 11 is 6.09. The number of hydrogen-bond acceptors (Lipinski definition) is 0. The molecule has 0 aliphatic heterocycles. The van der Waals surface area contributed by atoms with Crippen LogP contribution in [0.3, 0.4) is 0 Å². The first-order valence-corrected chi connectivity index (χ1v) is 6.25. The summed E-state index contributed by atoms with van der Waals surface area (Å²) in [6.07, 6.45) is 0.235. The third-order valence-corrected chi connectivity index (χ3v) is 3.33. The van der Waals surface area contributed by atoms with Crippen LogP contribution >= 0.6 is 11.6 Å². The van der Waals surface area contributed by atoms with E-state index in [1.54, 1.807) is 19.1 Å². The van der Waals surface area contributed by atoms with Crippen molar-refractivity contribution >= 4 is 11.6 Å². The van der Waals surface area contributed by atoms with Gasteiger partial charge in [0.2, 0.25) is 0 Å². The topological polar surface area (TPSA) is 0 Å². The fraction of sp³-hybridized carbons (Fsp3) is 0.200. The molecule has 2 aromatic carbocycles. The van der Waals surface area contributed by atoms with Gasteiger partial charge in [-0.1, -0.05) is 18.2 Å². The molecular formula is C15H12ClF3. The zero-order valence-corrected chi connectivity index (χ0v) is 11.0. The molecule has 0 bridgehead atoms. The minimum Gasteiger partial charge on any atom is -0.207 e. The van der Waals surface area contributed by atoms with Crippen molar-refractivity contribution in [3.63, 3.8) is 0 Å².